The second-order valence-electron chi connectivity index (χ2n) is 9.88. The summed E-state index contributed by atoms with van der Waals surface area (Å²) in [5.41, 5.74) is 3.55. The van der Waals surface area contributed by atoms with Gasteiger partial charge in [-0.15, -0.1) is 0 Å². The first kappa shape index (κ1) is 23.1. The molecule has 1 N–H and O–H groups in total. The summed E-state index contributed by atoms with van der Waals surface area (Å²) in [5.74, 6) is -0.278. The predicted molar refractivity (Wildman–Crippen MR) is 131 cm³/mol. The summed E-state index contributed by atoms with van der Waals surface area (Å²) in [4.78, 5) is 27.6. The molecule has 1 aliphatic carbocycles. The van der Waals surface area contributed by atoms with E-state index in [9.17, 15) is 18.0 Å². The Morgan fingerprint density at radius 2 is 1.74 bits per heavy atom. The molecule has 2 fully saturated rings. The molecular formula is C26H31N3O4S. The molecule has 5 rings (SSSR count). The Kier molecular flexibility index (Phi) is 5.98. The SMILES string of the molecule is Cc1ccc(NC(=O)[C@H]2CCCN(S(=O)(=O)c3ccc4c(c3)C[C@@H](C)N4C(=O)C3CC3)C2)cc1. The molecule has 1 saturated heterocycles. The van der Waals surface area contributed by atoms with Crippen LogP contribution < -0.4 is 10.2 Å². The van der Waals surface area contributed by atoms with Crippen molar-refractivity contribution in [1.82, 2.24) is 4.31 Å². The largest absolute Gasteiger partial charge is 0.326 e. The molecule has 1 saturated carbocycles. The highest BCUT2D eigenvalue weighted by atomic mass is 32.2. The minimum Gasteiger partial charge on any atom is -0.326 e. The van der Waals surface area contributed by atoms with E-state index in [0.717, 1.165) is 29.7 Å². The van der Waals surface area contributed by atoms with Gasteiger partial charge >= 0.3 is 0 Å². The van der Waals surface area contributed by atoms with Crippen molar-refractivity contribution in [2.75, 3.05) is 23.3 Å². The average Bonchev–Trinajstić information content (AvgIpc) is 3.62. The van der Waals surface area contributed by atoms with Crippen molar-refractivity contribution in [3.8, 4) is 0 Å². The van der Waals surface area contributed by atoms with Crippen LogP contribution in [0.3, 0.4) is 0 Å². The van der Waals surface area contributed by atoms with Gasteiger partial charge in [0.2, 0.25) is 21.8 Å². The number of rotatable bonds is 5. The average molecular weight is 482 g/mol. The zero-order valence-corrected chi connectivity index (χ0v) is 20.5. The van der Waals surface area contributed by atoms with Gasteiger partial charge in [0.15, 0.2) is 0 Å². The molecule has 0 bridgehead atoms. The molecule has 0 spiro atoms. The van der Waals surface area contributed by atoms with E-state index in [2.05, 4.69) is 5.32 Å². The van der Waals surface area contributed by atoms with Crippen LogP contribution in [0.5, 0.6) is 0 Å². The lowest BCUT2D eigenvalue weighted by molar-refractivity contribution is -0.121. The van der Waals surface area contributed by atoms with Gasteiger partial charge in [0.1, 0.15) is 0 Å². The number of aryl methyl sites for hydroxylation is 1. The summed E-state index contributed by atoms with van der Waals surface area (Å²) in [6.07, 6.45) is 3.83. The van der Waals surface area contributed by atoms with Gasteiger partial charge in [-0.05, 0) is 81.8 Å². The fourth-order valence-corrected chi connectivity index (χ4v) is 6.61. The number of nitrogens with zero attached hydrogens (tertiary/aromatic N) is 2. The number of benzene rings is 2. The van der Waals surface area contributed by atoms with Crippen molar-refractivity contribution in [2.24, 2.45) is 11.8 Å². The summed E-state index contributed by atoms with van der Waals surface area (Å²) in [5, 5.41) is 2.92. The number of carbonyl (C=O) groups excluding carboxylic acids is 2. The number of fused-ring (bicyclic) bond motifs is 1. The highest BCUT2D eigenvalue weighted by Crippen LogP contribution is 2.40. The monoisotopic (exact) mass is 481 g/mol. The molecule has 2 atom stereocenters. The van der Waals surface area contributed by atoms with Crippen molar-refractivity contribution in [1.29, 1.82) is 0 Å². The van der Waals surface area contributed by atoms with Crippen LogP contribution in [0.15, 0.2) is 47.4 Å². The number of sulfonamides is 1. The molecule has 0 aromatic heterocycles. The van der Waals surface area contributed by atoms with Crippen LogP contribution in [-0.2, 0) is 26.0 Å². The van der Waals surface area contributed by atoms with Gasteiger partial charge in [0.05, 0.1) is 10.8 Å². The molecule has 2 aliphatic heterocycles. The van der Waals surface area contributed by atoms with Crippen molar-refractivity contribution in [3.05, 3.63) is 53.6 Å². The Hall–Kier alpha value is -2.71. The maximum Gasteiger partial charge on any atom is 0.243 e. The van der Waals surface area contributed by atoms with Crippen molar-refractivity contribution in [3.63, 3.8) is 0 Å². The summed E-state index contributed by atoms with van der Waals surface area (Å²) < 4.78 is 28.4. The highest BCUT2D eigenvalue weighted by Gasteiger charge is 2.40. The zero-order chi connectivity index (χ0) is 24.0. The van der Waals surface area contributed by atoms with Crippen molar-refractivity contribution < 1.29 is 18.0 Å². The van der Waals surface area contributed by atoms with E-state index in [1.165, 1.54) is 4.31 Å². The molecular weight excluding hydrogens is 450 g/mol. The van der Waals surface area contributed by atoms with Gasteiger partial charge < -0.3 is 10.2 Å². The Bertz CT molecular complexity index is 1220. The molecule has 2 aromatic carbocycles. The first-order valence-corrected chi connectivity index (χ1v) is 13.5. The normalized spacial score (nSPS) is 22.9. The van der Waals surface area contributed by atoms with Crippen LogP contribution in [0.4, 0.5) is 11.4 Å². The first-order chi connectivity index (χ1) is 16.2. The van der Waals surface area contributed by atoms with E-state index in [0.29, 0.717) is 31.5 Å². The van der Waals surface area contributed by atoms with E-state index >= 15 is 0 Å². The highest BCUT2D eigenvalue weighted by molar-refractivity contribution is 7.89. The Balaban J connectivity index is 1.31. The fraction of sp³-hybridized carbons (Fsp3) is 0.462. The Morgan fingerprint density at radius 1 is 1.00 bits per heavy atom. The number of anilines is 2. The molecule has 34 heavy (non-hydrogen) atoms. The van der Waals surface area contributed by atoms with Gasteiger partial charge in [-0.2, -0.15) is 4.31 Å². The molecule has 2 heterocycles. The summed E-state index contributed by atoms with van der Waals surface area (Å²) in [6.45, 7) is 4.56. The minimum atomic E-state index is -3.74. The standard InChI is InChI=1S/C26H31N3O4S/c1-17-5-9-22(10-6-17)27-25(30)20-4-3-13-28(16-20)34(32,33)23-11-12-24-21(15-23)14-18(2)29(24)26(31)19-7-8-19/h5-6,9-12,15,18-20H,3-4,7-8,13-14,16H2,1-2H3,(H,27,30)/t18-,20+/m1/s1. The topological polar surface area (TPSA) is 86.8 Å². The molecule has 3 aliphatic rings. The van der Waals surface area contributed by atoms with Crippen LogP contribution in [0.25, 0.3) is 0 Å². The summed E-state index contributed by atoms with van der Waals surface area (Å²) in [6, 6.07) is 12.7. The molecule has 0 radical (unpaired) electrons. The number of amides is 2. The number of hydrogen-bond acceptors (Lipinski definition) is 4. The lowest BCUT2D eigenvalue weighted by atomic mass is 9.98. The minimum absolute atomic E-state index is 0.0332. The van der Waals surface area contributed by atoms with Crippen LogP contribution in [-0.4, -0.2) is 43.7 Å². The van der Waals surface area contributed by atoms with E-state index < -0.39 is 15.9 Å². The summed E-state index contributed by atoms with van der Waals surface area (Å²) in [7, 11) is -3.74. The van der Waals surface area contributed by atoms with Crippen LogP contribution >= 0.6 is 0 Å². The molecule has 2 amide bonds. The molecule has 2 aromatic rings. The van der Waals surface area contributed by atoms with Crippen molar-refractivity contribution in [2.45, 2.75) is 56.9 Å². The predicted octanol–water partition coefficient (Wildman–Crippen LogP) is 3.72. The van der Waals surface area contributed by atoms with Crippen LogP contribution in [0.1, 0.15) is 43.7 Å². The van der Waals surface area contributed by atoms with Crippen LogP contribution in [0, 0.1) is 18.8 Å². The summed E-state index contributed by atoms with van der Waals surface area (Å²) >= 11 is 0. The Labute approximate surface area is 201 Å². The molecule has 8 heteroatoms. The maximum atomic E-state index is 13.5. The smallest absolute Gasteiger partial charge is 0.243 e. The van der Waals surface area contributed by atoms with Gasteiger partial charge in [0, 0.05) is 36.4 Å². The maximum absolute atomic E-state index is 13.5. The lowest BCUT2D eigenvalue weighted by Crippen LogP contribution is -2.43. The van der Waals surface area contributed by atoms with Crippen molar-refractivity contribution >= 4 is 33.2 Å². The number of carbonyl (C=O) groups is 2. The number of hydrogen-bond donors (Lipinski definition) is 1. The quantitative estimate of drug-likeness (QED) is 0.705. The third-order valence-corrected chi connectivity index (χ3v) is 9.00. The van der Waals surface area contributed by atoms with Gasteiger partial charge in [-0.25, -0.2) is 8.42 Å². The Morgan fingerprint density at radius 3 is 2.44 bits per heavy atom. The lowest BCUT2D eigenvalue weighted by Gasteiger charge is -2.31. The van der Waals surface area contributed by atoms with E-state index in [1.807, 2.05) is 43.0 Å². The number of piperidine rings is 1. The number of nitrogens with one attached hydrogen (secondary N) is 1. The van der Waals surface area contributed by atoms with Crippen LogP contribution in [0.2, 0.25) is 0 Å². The van der Waals surface area contributed by atoms with E-state index in [4.69, 9.17) is 0 Å². The second kappa shape index (κ2) is 8.82. The molecule has 7 nitrogen and oxygen atoms in total. The molecule has 0 unspecified atom stereocenters. The third kappa shape index (κ3) is 4.36. The van der Waals surface area contributed by atoms with Gasteiger partial charge in [0.25, 0.3) is 0 Å². The fourth-order valence-electron chi connectivity index (χ4n) is 5.04. The zero-order valence-electron chi connectivity index (χ0n) is 19.7. The first-order valence-electron chi connectivity index (χ1n) is 12.1. The second-order valence-corrected chi connectivity index (χ2v) is 11.8. The van der Waals surface area contributed by atoms with Gasteiger partial charge in [-0.1, -0.05) is 17.7 Å². The molecule has 180 valence electrons. The van der Waals surface area contributed by atoms with E-state index in [1.54, 1.807) is 18.2 Å². The third-order valence-electron chi connectivity index (χ3n) is 7.14. The van der Waals surface area contributed by atoms with Gasteiger partial charge in [-0.3, -0.25) is 9.59 Å². The van der Waals surface area contributed by atoms with E-state index in [-0.39, 0.29) is 35.2 Å².